The highest BCUT2D eigenvalue weighted by Gasteiger charge is 2.25. The van der Waals surface area contributed by atoms with Crippen LogP contribution in [0.4, 0.5) is 0 Å². The van der Waals surface area contributed by atoms with Crippen molar-refractivity contribution in [1.29, 1.82) is 0 Å². The molecule has 0 aliphatic rings. The van der Waals surface area contributed by atoms with Gasteiger partial charge in [-0.2, -0.15) is 4.31 Å². The standard InChI is InChI=1S/C20H26N2O5S/c1-5-22(28(24,25)19-12-10-18(27-4)11-13-19)14-20(23)21-15(2)16-6-8-17(26-3)9-7-16/h6-13,15H,5,14H2,1-4H3,(H,21,23). The van der Waals surface area contributed by atoms with Gasteiger partial charge in [0.2, 0.25) is 15.9 Å². The summed E-state index contributed by atoms with van der Waals surface area (Å²) in [5, 5.41) is 2.83. The predicted octanol–water partition coefficient (Wildman–Crippen LogP) is 2.59. The Hall–Kier alpha value is -2.58. The Balaban J connectivity index is 2.06. The van der Waals surface area contributed by atoms with Crippen LogP contribution >= 0.6 is 0 Å². The molecule has 2 aromatic rings. The smallest absolute Gasteiger partial charge is 0.243 e. The number of carbonyl (C=O) groups is 1. The number of hydrogen-bond donors (Lipinski definition) is 1. The minimum atomic E-state index is -3.78. The second-order valence-corrected chi connectivity index (χ2v) is 8.11. The van der Waals surface area contributed by atoms with Gasteiger partial charge in [0, 0.05) is 6.54 Å². The summed E-state index contributed by atoms with van der Waals surface area (Å²) in [5.74, 6) is 0.917. The molecule has 0 spiro atoms. The molecule has 2 aromatic carbocycles. The van der Waals surface area contributed by atoms with Gasteiger partial charge in [-0.3, -0.25) is 4.79 Å². The number of nitrogens with one attached hydrogen (secondary N) is 1. The number of ether oxygens (including phenoxy) is 2. The summed E-state index contributed by atoms with van der Waals surface area (Å²) in [6, 6.07) is 13.2. The molecule has 0 saturated carbocycles. The van der Waals surface area contributed by atoms with Crippen molar-refractivity contribution >= 4 is 15.9 Å². The fourth-order valence-corrected chi connectivity index (χ4v) is 4.09. The van der Waals surface area contributed by atoms with E-state index in [4.69, 9.17) is 9.47 Å². The van der Waals surface area contributed by atoms with Crippen LogP contribution in [0.5, 0.6) is 11.5 Å². The van der Waals surface area contributed by atoms with E-state index in [0.717, 1.165) is 15.6 Å². The Kier molecular flexibility index (Phi) is 7.42. The zero-order chi connectivity index (χ0) is 20.7. The van der Waals surface area contributed by atoms with E-state index in [-0.39, 0.29) is 29.9 Å². The number of sulfonamides is 1. The zero-order valence-electron chi connectivity index (χ0n) is 16.5. The molecule has 152 valence electrons. The number of carbonyl (C=O) groups excluding carboxylic acids is 1. The maximum absolute atomic E-state index is 12.8. The van der Waals surface area contributed by atoms with Crippen LogP contribution in [0.1, 0.15) is 25.5 Å². The quantitative estimate of drug-likeness (QED) is 0.692. The van der Waals surface area contributed by atoms with Gasteiger partial charge >= 0.3 is 0 Å². The molecule has 0 heterocycles. The Morgan fingerprint density at radius 1 is 1.00 bits per heavy atom. The van der Waals surface area contributed by atoms with Gasteiger partial charge in [0.1, 0.15) is 11.5 Å². The second kappa shape index (κ2) is 9.57. The number of benzene rings is 2. The lowest BCUT2D eigenvalue weighted by atomic mass is 10.1. The summed E-state index contributed by atoms with van der Waals surface area (Å²) in [4.78, 5) is 12.6. The zero-order valence-corrected chi connectivity index (χ0v) is 17.3. The Morgan fingerprint density at radius 2 is 1.50 bits per heavy atom. The lowest BCUT2D eigenvalue weighted by Gasteiger charge is -2.22. The topological polar surface area (TPSA) is 84.9 Å². The summed E-state index contributed by atoms with van der Waals surface area (Å²) in [6.45, 7) is 3.46. The van der Waals surface area contributed by atoms with Crippen molar-refractivity contribution in [2.45, 2.75) is 24.8 Å². The Bertz CT molecular complexity index is 880. The van der Waals surface area contributed by atoms with Crippen molar-refractivity contribution in [2.24, 2.45) is 0 Å². The molecule has 0 fully saturated rings. The van der Waals surface area contributed by atoms with Gasteiger partial charge in [-0.05, 0) is 48.9 Å². The molecular formula is C20H26N2O5S. The van der Waals surface area contributed by atoms with Gasteiger partial charge in [0.15, 0.2) is 0 Å². The van der Waals surface area contributed by atoms with Crippen LogP contribution in [0.25, 0.3) is 0 Å². The number of hydrogen-bond acceptors (Lipinski definition) is 5. The summed E-state index contributed by atoms with van der Waals surface area (Å²) in [7, 11) is -0.684. The predicted molar refractivity (Wildman–Crippen MR) is 107 cm³/mol. The van der Waals surface area contributed by atoms with E-state index in [1.54, 1.807) is 26.2 Å². The first-order valence-corrected chi connectivity index (χ1v) is 10.3. The van der Waals surface area contributed by atoms with Crippen molar-refractivity contribution in [3.05, 3.63) is 54.1 Å². The molecule has 2 rings (SSSR count). The monoisotopic (exact) mass is 406 g/mol. The van der Waals surface area contributed by atoms with E-state index in [1.165, 1.54) is 19.2 Å². The van der Waals surface area contributed by atoms with Crippen LogP contribution in [0, 0.1) is 0 Å². The minimum Gasteiger partial charge on any atom is -0.497 e. The maximum atomic E-state index is 12.8. The molecule has 0 aromatic heterocycles. The Morgan fingerprint density at radius 3 is 1.96 bits per heavy atom. The minimum absolute atomic E-state index is 0.117. The number of amides is 1. The fraction of sp³-hybridized carbons (Fsp3) is 0.350. The first-order chi connectivity index (χ1) is 13.3. The van der Waals surface area contributed by atoms with Gasteiger partial charge in [-0.15, -0.1) is 0 Å². The molecule has 1 N–H and O–H groups in total. The molecule has 0 saturated heterocycles. The highest BCUT2D eigenvalue weighted by Crippen LogP contribution is 2.20. The van der Waals surface area contributed by atoms with Gasteiger partial charge in [-0.1, -0.05) is 19.1 Å². The van der Waals surface area contributed by atoms with E-state index < -0.39 is 10.0 Å². The van der Waals surface area contributed by atoms with Crippen LogP contribution in [0.15, 0.2) is 53.4 Å². The van der Waals surface area contributed by atoms with Crippen LogP contribution in [-0.2, 0) is 14.8 Å². The number of likely N-dealkylation sites (N-methyl/N-ethyl adjacent to an activating group) is 1. The number of nitrogens with zero attached hydrogens (tertiary/aromatic N) is 1. The van der Waals surface area contributed by atoms with Crippen molar-refractivity contribution in [3.8, 4) is 11.5 Å². The van der Waals surface area contributed by atoms with Gasteiger partial charge in [0.25, 0.3) is 0 Å². The fourth-order valence-electron chi connectivity index (χ4n) is 2.69. The average Bonchev–Trinajstić information content (AvgIpc) is 2.71. The normalized spacial score (nSPS) is 12.5. The third-order valence-electron chi connectivity index (χ3n) is 4.36. The molecule has 0 aliphatic heterocycles. The van der Waals surface area contributed by atoms with E-state index >= 15 is 0 Å². The number of methoxy groups -OCH3 is 2. The summed E-state index contributed by atoms with van der Waals surface area (Å²) >= 11 is 0. The van der Waals surface area contributed by atoms with Crippen molar-refractivity contribution < 1.29 is 22.7 Å². The molecule has 1 unspecified atom stereocenters. The van der Waals surface area contributed by atoms with Crippen LogP contribution in [0.2, 0.25) is 0 Å². The SMILES string of the molecule is CCN(CC(=O)NC(C)c1ccc(OC)cc1)S(=O)(=O)c1ccc(OC)cc1. The van der Waals surface area contributed by atoms with E-state index in [0.29, 0.717) is 5.75 Å². The van der Waals surface area contributed by atoms with Crippen LogP contribution < -0.4 is 14.8 Å². The number of rotatable bonds is 9. The molecule has 7 nitrogen and oxygen atoms in total. The third kappa shape index (κ3) is 5.24. The summed E-state index contributed by atoms with van der Waals surface area (Å²) < 4.78 is 37.0. The molecule has 8 heteroatoms. The van der Waals surface area contributed by atoms with Crippen molar-refractivity contribution in [2.75, 3.05) is 27.3 Å². The van der Waals surface area contributed by atoms with E-state index in [9.17, 15) is 13.2 Å². The second-order valence-electron chi connectivity index (χ2n) is 6.17. The van der Waals surface area contributed by atoms with E-state index in [2.05, 4.69) is 5.32 Å². The molecule has 1 atom stereocenters. The van der Waals surface area contributed by atoms with Crippen LogP contribution in [-0.4, -0.2) is 45.9 Å². The highest BCUT2D eigenvalue weighted by atomic mass is 32.2. The van der Waals surface area contributed by atoms with Gasteiger partial charge in [-0.25, -0.2) is 8.42 Å². The van der Waals surface area contributed by atoms with Crippen molar-refractivity contribution in [3.63, 3.8) is 0 Å². The lowest BCUT2D eigenvalue weighted by molar-refractivity contribution is -0.121. The average molecular weight is 407 g/mol. The first kappa shape index (κ1) is 21.7. The molecule has 0 bridgehead atoms. The van der Waals surface area contributed by atoms with Crippen LogP contribution in [0.3, 0.4) is 0 Å². The largest absolute Gasteiger partial charge is 0.497 e. The lowest BCUT2D eigenvalue weighted by Crippen LogP contribution is -2.41. The van der Waals surface area contributed by atoms with Gasteiger partial charge in [0.05, 0.1) is 31.7 Å². The first-order valence-electron chi connectivity index (χ1n) is 8.89. The highest BCUT2D eigenvalue weighted by molar-refractivity contribution is 7.89. The molecule has 0 radical (unpaired) electrons. The van der Waals surface area contributed by atoms with Gasteiger partial charge < -0.3 is 14.8 Å². The summed E-state index contributed by atoms with van der Waals surface area (Å²) in [6.07, 6.45) is 0. The summed E-state index contributed by atoms with van der Waals surface area (Å²) in [5.41, 5.74) is 0.898. The molecule has 28 heavy (non-hydrogen) atoms. The van der Waals surface area contributed by atoms with Crippen molar-refractivity contribution in [1.82, 2.24) is 9.62 Å². The molecular weight excluding hydrogens is 380 g/mol. The maximum Gasteiger partial charge on any atom is 0.243 e. The third-order valence-corrected chi connectivity index (χ3v) is 6.30. The Labute approximate surface area is 166 Å². The molecule has 0 aliphatic carbocycles. The molecule has 1 amide bonds. The van der Waals surface area contributed by atoms with E-state index in [1.807, 2.05) is 31.2 Å².